The normalized spacial score (nSPS) is 24.5. The fourth-order valence-electron chi connectivity index (χ4n) is 4.08. The van der Waals surface area contributed by atoms with Gasteiger partial charge in [0.15, 0.2) is 6.23 Å². The van der Waals surface area contributed by atoms with Crippen LogP contribution in [0, 0.1) is 12.8 Å². The largest absolute Gasteiger partial charge is 0.473 e. The zero-order valence-electron chi connectivity index (χ0n) is 15.9. The predicted octanol–water partition coefficient (Wildman–Crippen LogP) is 3.69. The van der Waals surface area contributed by atoms with Crippen molar-refractivity contribution >= 4 is 30.7 Å². The van der Waals surface area contributed by atoms with Crippen molar-refractivity contribution in [1.29, 1.82) is 0 Å². The molecule has 2 N–H and O–H groups in total. The highest BCUT2D eigenvalue weighted by Crippen LogP contribution is 2.42. The highest BCUT2D eigenvalue weighted by molar-refractivity contribution is 5.85. The van der Waals surface area contributed by atoms with Crippen LogP contribution in [0.3, 0.4) is 0 Å². The molecular formula is C21H27Cl2N3O2. The van der Waals surface area contributed by atoms with E-state index in [1.165, 1.54) is 6.42 Å². The molecule has 2 aromatic rings. The molecular weight excluding hydrogens is 397 g/mol. The van der Waals surface area contributed by atoms with Gasteiger partial charge in [-0.3, -0.25) is 14.7 Å². The Balaban J connectivity index is 0.00000140. The van der Waals surface area contributed by atoms with E-state index in [4.69, 9.17) is 10.5 Å². The second-order valence-electron chi connectivity index (χ2n) is 7.37. The summed E-state index contributed by atoms with van der Waals surface area (Å²) in [6.07, 6.45) is 4.92. The topological polar surface area (TPSA) is 68.5 Å². The van der Waals surface area contributed by atoms with E-state index in [2.05, 4.69) is 22.0 Å². The maximum atomic E-state index is 12.4. The molecule has 7 heteroatoms. The summed E-state index contributed by atoms with van der Waals surface area (Å²) in [6.45, 7) is 2.74. The Labute approximate surface area is 178 Å². The summed E-state index contributed by atoms with van der Waals surface area (Å²) in [5.41, 5.74) is 7.94. The number of hydrogen-bond donors (Lipinski definition) is 1. The van der Waals surface area contributed by atoms with Crippen LogP contribution in [0.1, 0.15) is 36.4 Å². The lowest BCUT2D eigenvalue weighted by molar-refractivity contribution is -0.127. The minimum Gasteiger partial charge on any atom is -0.473 e. The van der Waals surface area contributed by atoms with Gasteiger partial charge < -0.3 is 10.5 Å². The molecule has 1 aromatic heterocycles. The average Bonchev–Trinajstić information content (AvgIpc) is 2.95. The van der Waals surface area contributed by atoms with Crippen LogP contribution in [0.15, 0.2) is 48.7 Å². The quantitative estimate of drug-likeness (QED) is 0.795. The number of hydrogen-bond acceptors (Lipinski definition) is 4. The first-order valence-electron chi connectivity index (χ1n) is 9.33. The number of nitrogens with two attached hydrogens (primary N) is 1. The molecule has 1 aromatic carbocycles. The summed E-state index contributed by atoms with van der Waals surface area (Å²) >= 11 is 0. The van der Waals surface area contributed by atoms with Crippen molar-refractivity contribution in [2.75, 3.05) is 6.54 Å². The zero-order valence-corrected chi connectivity index (χ0v) is 17.5. The molecule has 3 atom stereocenters. The third-order valence-electron chi connectivity index (χ3n) is 5.72. The van der Waals surface area contributed by atoms with Crippen molar-refractivity contribution in [3.63, 3.8) is 0 Å². The molecule has 0 radical (unpaired) electrons. The number of halogens is 2. The van der Waals surface area contributed by atoms with Gasteiger partial charge in [-0.2, -0.15) is 0 Å². The van der Waals surface area contributed by atoms with Crippen LogP contribution in [0.25, 0.3) is 0 Å². The molecule has 0 bridgehead atoms. The number of amides is 1. The number of pyridine rings is 1. The third kappa shape index (κ3) is 4.43. The van der Waals surface area contributed by atoms with Crippen molar-refractivity contribution < 1.29 is 9.53 Å². The van der Waals surface area contributed by atoms with E-state index in [-0.39, 0.29) is 48.8 Å². The number of benzene rings is 1. The molecule has 5 nitrogen and oxygen atoms in total. The summed E-state index contributed by atoms with van der Waals surface area (Å²) in [6, 6.07) is 14.5. The van der Waals surface area contributed by atoms with Gasteiger partial charge in [0.1, 0.15) is 5.75 Å². The average molecular weight is 424 g/mol. The predicted molar refractivity (Wildman–Crippen MR) is 114 cm³/mol. The summed E-state index contributed by atoms with van der Waals surface area (Å²) < 4.78 is 6.29. The Hall–Kier alpha value is -1.82. The second-order valence-corrected chi connectivity index (χ2v) is 7.37. The van der Waals surface area contributed by atoms with E-state index in [1.54, 1.807) is 6.20 Å². The Morgan fingerprint density at radius 2 is 1.86 bits per heavy atom. The zero-order chi connectivity index (χ0) is 18.1. The minimum absolute atomic E-state index is 0. The summed E-state index contributed by atoms with van der Waals surface area (Å²) in [5.74, 6) is 0.0626. The van der Waals surface area contributed by atoms with E-state index in [0.717, 1.165) is 30.6 Å². The fourth-order valence-corrected chi connectivity index (χ4v) is 4.08. The number of likely N-dealkylation sites (tertiary alicyclic amines) is 1. The molecule has 1 saturated heterocycles. The monoisotopic (exact) mass is 423 g/mol. The molecule has 2 heterocycles. The lowest BCUT2D eigenvalue weighted by Gasteiger charge is -2.39. The maximum Gasteiger partial charge on any atom is 0.226 e. The van der Waals surface area contributed by atoms with Crippen molar-refractivity contribution in [2.45, 2.75) is 44.4 Å². The molecule has 2 aliphatic rings. The number of aromatic nitrogens is 1. The third-order valence-corrected chi connectivity index (χ3v) is 5.72. The molecule has 3 unspecified atom stereocenters. The van der Waals surface area contributed by atoms with E-state index in [1.807, 2.05) is 37.3 Å². The first-order chi connectivity index (χ1) is 12.6. The van der Waals surface area contributed by atoms with Crippen LogP contribution >= 0.6 is 24.8 Å². The molecule has 28 heavy (non-hydrogen) atoms. The van der Waals surface area contributed by atoms with Gasteiger partial charge in [0.25, 0.3) is 0 Å². The lowest BCUT2D eigenvalue weighted by atomic mass is 9.87. The molecule has 1 aliphatic carbocycles. The van der Waals surface area contributed by atoms with Crippen LogP contribution in [0.2, 0.25) is 0 Å². The standard InChI is InChI=1S/C21H25N3O2.2ClH/c1-14-10-11-17(12-23-14)26-21-19(20(22)25)18(15-6-3-2-4-7-15)13-24(21)16-8-5-9-16;;/h2-4,6-7,10-12,16,18-19,21H,5,8-9,13H2,1H3,(H2,22,25);2*1H. The van der Waals surface area contributed by atoms with Gasteiger partial charge in [-0.15, -0.1) is 24.8 Å². The molecule has 2 fully saturated rings. The van der Waals surface area contributed by atoms with Crippen molar-refractivity contribution in [3.05, 3.63) is 59.9 Å². The van der Waals surface area contributed by atoms with E-state index >= 15 is 0 Å². The van der Waals surface area contributed by atoms with Gasteiger partial charge in [-0.05, 0) is 37.5 Å². The molecule has 152 valence electrons. The van der Waals surface area contributed by atoms with Gasteiger partial charge in [-0.25, -0.2) is 0 Å². The number of carbonyl (C=O) groups is 1. The lowest BCUT2D eigenvalue weighted by Crippen LogP contribution is -2.49. The van der Waals surface area contributed by atoms with Crippen LogP contribution in [-0.4, -0.2) is 34.6 Å². The van der Waals surface area contributed by atoms with Crippen LogP contribution in [-0.2, 0) is 4.79 Å². The van der Waals surface area contributed by atoms with Crippen LogP contribution in [0.5, 0.6) is 5.75 Å². The highest BCUT2D eigenvalue weighted by atomic mass is 35.5. The molecule has 0 spiro atoms. The van der Waals surface area contributed by atoms with E-state index in [9.17, 15) is 4.79 Å². The fraction of sp³-hybridized carbons (Fsp3) is 0.429. The van der Waals surface area contributed by atoms with Gasteiger partial charge in [0.05, 0.1) is 12.1 Å². The van der Waals surface area contributed by atoms with Crippen LogP contribution in [0.4, 0.5) is 0 Å². The SMILES string of the molecule is Cc1ccc(OC2C(C(N)=O)C(c3ccccc3)CN2C2CCC2)cn1.Cl.Cl. The van der Waals surface area contributed by atoms with Gasteiger partial charge in [0, 0.05) is 24.2 Å². The Morgan fingerprint density at radius 1 is 1.14 bits per heavy atom. The molecule has 1 aliphatic heterocycles. The maximum absolute atomic E-state index is 12.4. The highest BCUT2D eigenvalue weighted by Gasteiger charge is 2.50. The summed E-state index contributed by atoms with van der Waals surface area (Å²) in [7, 11) is 0. The molecule has 1 saturated carbocycles. The molecule has 1 amide bonds. The number of primary amides is 1. The summed E-state index contributed by atoms with van der Waals surface area (Å²) in [5, 5.41) is 0. The van der Waals surface area contributed by atoms with Gasteiger partial charge >= 0.3 is 0 Å². The number of aryl methyl sites for hydroxylation is 1. The van der Waals surface area contributed by atoms with Crippen molar-refractivity contribution in [2.24, 2.45) is 11.7 Å². The number of rotatable bonds is 5. The Kier molecular flexibility index (Phi) is 7.70. The first kappa shape index (κ1) is 22.5. The van der Waals surface area contributed by atoms with Crippen molar-refractivity contribution in [3.8, 4) is 5.75 Å². The van der Waals surface area contributed by atoms with Crippen LogP contribution < -0.4 is 10.5 Å². The summed E-state index contributed by atoms with van der Waals surface area (Å²) in [4.78, 5) is 19.1. The first-order valence-corrected chi connectivity index (χ1v) is 9.33. The van der Waals surface area contributed by atoms with Gasteiger partial charge in [-0.1, -0.05) is 36.8 Å². The van der Waals surface area contributed by atoms with E-state index < -0.39 is 0 Å². The molecule has 4 rings (SSSR count). The minimum atomic E-state index is -0.376. The van der Waals surface area contributed by atoms with Gasteiger partial charge in [0.2, 0.25) is 5.91 Å². The number of carbonyl (C=O) groups excluding carboxylic acids is 1. The Bertz CT molecular complexity index is 769. The Morgan fingerprint density at radius 3 is 2.39 bits per heavy atom. The number of nitrogens with zero attached hydrogens (tertiary/aromatic N) is 2. The smallest absolute Gasteiger partial charge is 0.226 e. The number of ether oxygens (including phenoxy) is 1. The second kappa shape index (κ2) is 9.59. The van der Waals surface area contributed by atoms with Crippen molar-refractivity contribution in [1.82, 2.24) is 9.88 Å². The van der Waals surface area contributed by atoms with E-state index in [0.29, 0.717) is 11.8 Å².